The van der Waals surface area contributed by atoms with Crippen LogP contribution >= 0.6 is 0 Å². The van der Waals surface area contributed by atoms with Crippen molar-refractivity contribution in [2.75, 3.05) is 0 Å². The Morgan fingerprint density at radius 3 is 2.25 bits per heavy atom. The van der Waals surface area contributed by atoms with E-state index in [1.165, 1.54) is 0 Å². The van der Waals surface area contributed by atoms with Gasteiger partial charge in [-0.25, -0.2) is 4.74 Å². The zero-order valence-electron chi connectivity index (χ0n) is 10.4. The Morgan fingerprint density at radius 1 is 1.19 bits per heavy atom. The monoisotopic (exact) mass is 217 g/mol. The molecule has 0 aromatic heterocycles. The zero-order valence-corrected chi connectivity index (χ0v) is 10.4. The van der Waals surface area contributed by atoms with Crippen LogP contribution in [-0.2, 0) is 0 Å². The number of allylic oxidation sites excluding steroid dienone is 1. The maximum absolute atomic E-state index is 11.7. The minimum atomic E-state index is -0.383. The van der Waals surface area contributed by atoms with Crippen LogP contribution in [0.3, 0.4) is 0 Å². The minimum Gasteiger partial charge on any atom is -0.623 e. The zero-order chi connectivity index (χ0) is 12.2. The molecule has 0 saturated carbocycles. The van der Waals surface area contributed by atoms with Crippen LogP contribution in [0.4, 0.5) is 0 Å². The molecule has 2 heteroatoms. The summed E-state index contributed by atoms with van der Waals surface area (Å²) in [5, 5.41) is 11.7. The van der Waals surface area contributed by atoms with Crippen molar-refractivity contribution in [2.45, 2.75) is 33.2 Å². The lowest BCUT2D eigenvalue weighted by Gasteiger charge is -2.18. The van der Waals surface area contributed by atoms with Gasteiger partial charge in [-0.05, 0) is 18.6 Å². The highest BCUT2D eigenvalue weighted by Crippen LogP contribution is 2.08. The van der Waals surface area contributed by atoms with E-state index < -0.39 is 0 Å². The normalized spacial score (nSPS) is 14.0. The van der Waals surface area contributed by atoms with Gasteiger partial charge in [0, 0.05) is 26.3 Å². The maximum Gasteiger partial charge on any atom is 0.177 e. The summed E-state index contributed by atoms with van der Waals surface area (Å²) in [5.74, 6) is 0. The number of hydroxylamine groups is 1. The maximum atomic E-state index is 11.7. The quantitative estimate of drug-likeness (QED) is 0.322. The Hall–Kier alpha value is -1.57. The van der Waals surface area contributed by atoms with Crippen LogP contribution in [0.2, 0.25) is 0 Å². The largest absolute Gasteiger partial charge is 0.623 e. The highest BCUT2D eigenvalue weighted by atomic mass is 16.5. The number of nitrogens with zero attached hydrogens (tertiary/aromatic N) is 1. The van der Waals surface area contributed by atoms with Gasteiger partial charge < -0.3 is 5.21 Å². The van der Waals surface area contributed by atoms with Gasteiger partial charge in [-0.15, -0.1) is 0 Å². The van der Waals surface area contributed by atoms with Gasteiger partial charge in [0.2, 0.25) is 0 Å². The Bertz CT molecular complexity index is 396. The molecule has 0 saturated heterocycles. The van der Waals surface area contributed by atoms with Crippen molar-refractivity contribution in [3.8, 4) is 0 Å². The molecule has 1 rings (SSSR count). The molecule has 0 radical (unpaired) electrons. The second-order valence-corrected chi connectivity index (χ2v) is 4.92. The summed E-state index contributed by atoms with van der Waals surface area (Å²) in [5.41, 5.74) is 1.68. The smallest absolute Gasteiger partial charge is 0.177 e. The molecule has 0 atom stereocenters. The van der Waals surface area contributed by atoms with Crippen LogP contribution in [-0.4, -0.2) is 16.5 Å². The topological polar surface area (TPSA) is 26.1 Å². The number of hydrogen-bond acceptors (Lipinski definition) is 1. The third kappa shape index (κ3) is 3.89. The molecule has 0 fully saturated rings. The van der Waals surface area contributed by atoms with E-state index in [-0.39, 0.29) is 5.54 Å². The van der Waals surface area contributed by atoms with Crippen LogP contribution in [0.15, 0.2) is 35.9 Å². The SMILES string of the molecule is CC(/C=[N+](\[O-])C(C)(C)C)=C\c1ccccc1. The van der Waals surface area contributed by atoms with E-state index in [0.717, 1.165) is 15.9 Å². The van der Waals surface area contributed by atoms with Gasteiger partial charge in [0.1, 0.15) is 0 Å². The lowest BCUT2D eigenvalue weighted by Crippen LogP contribution is -2.29. The van der Waals surface area contributed by atoms with Crippen molar-refractivity contribution in [1.82, 2.24) is 0 Å². The van der Waals surface area contributed by atoms with Gasteiger partial charge in [0.05, 0.1) is 0 Å². The van der Waals surface area contributed by atoms with E-state index in [0.29, 0.717) is 0 Å². The van der Waals surface area contributed by atoms with Gasteiger partial charge in [-0.3, -0.25) is 0 Å². The van der Waals surface area contributed by atoms with Crippen LogP contribution in [0, 0.1) is 5.21 Å². The second kappa shape index (κ2) is 4.97. The first-order chi connectivity index (χ1) is 7.39. The van der Waals surface area contributed by atoms with E-state index >= 15 is 0 Å². The molecule has 0 aliphatic heterocycles. The van der Waals surface area contributed by atoms with E-state index in [1.807, 2.05) is 64.1 Å². The number of rotatable bonds is 2. The standard InChI is InChI=1S/C14H19NO/c1-12(11-15(16)14(2,3)4)10-13-8-6-5-7-9-13/h5-11H,1-4H3/b12-10+,15-11-. The predicted molar refractivity (Wildman–Crippen MR) is 69.5 cm³/mol. The van der Waals surface area contributed by atoms with Crippen LogP contribution in [0.5, 0.6) is 0 Å². The third-order valence-electron chi connectivity index (χ3n) is 2.18. The molecule has 0 heterocycles. The Kier molecular flexibility index (Phi) is 3.88. The van der Waals surface area contributed by atoms with E-state index in [9.17, 15) is 5.21 Å². The molecule has 1 aromatic carbocycles. The molecular formula is C14H19NO. The number of hydrogen-bond donors (Lipinski definition) is 0. The van der Waals surface area contributed by atoms with Crippen molar-refractivity contribution in [3.05, 3.63) is 46.7 Å². The molecule has 0 unspecified atom stereocenters. The van der Waals surface area contributed by atoms with Crippen LogP contribution < -0.4 is 0 Å². The lowest BCUT2D eigenvalue weighted by atomic mass is 10.1. The summed E-state index contributed by atoms with van der Waals surface area (Å²) < 4.78 is 0.988. The van der Waals surface area contributed by atoms with Crippen molar-refractivity contribution in [2.24, 2.45) is 0 Å². The summed E-state index contributed by atoms with van der Waals surface area (Å²) in [4.78, 5) is 0. The molecule has 0 N–H and O–H groups in total. The Balaban J connectivity index is 2.88. The van der Waals surface area contributed by atoms with Gasteiger partial charge >= 0.3 is 0 Å². The fourth-order valence-electron chi connectivity index (χ4n) is 1.23. The molecule has 16 heavy (non-hydrogen) atoms. The highest BCUT2D eigenvalue weighted by Gasteiger charge is 2.17. The predicted octanol–water partition coefficient (Wildman–Crippen LogP) is 3.47. The average molecular weight is 217 g/mol. The minimum absolute atomic E-state index is 0.383. The first kappa shape index (κ1) is 12.5. The Labute approximate surface area is 97.5 Å². The van der Waals surface area contributed by atoms with Crippen molar-refractivity contribution in [1.29, 1.82) is 0 Å². The molecular weight excluding hydrogens is 198 g/mol. The lowest BCUT2D eigenvalue weighted by molar-refractivity contribution is -0.530. The van der Waals surface area contributed by atoms with Gasteiger partial charge in [-0.2, -0.15) is 0 Å². The third-order valence-corrected chi connectivity index (χ3v) is 2.18. The van der Waals surface area contributed by atoms with Gasteiger partial charge in [-0.1, -0.05) is 30.3 Å². The molecule has 0 amide bonds. The molecule has 1 aromatic rings. The number of benzene rings is 1. The summed E-state index contributed by atoms with van der Waals surface area (Å²) in [6, 6.07) is 9.98. The van der Waals surface area contributed by atoms with Crippen molar-refractivity contribution in [3.63, 3.8) is 0 Å². The average Bonchev–Trinajstić information content (AvgIpc) is 2.17. The second-order valence-electron chi connectivity index (χ2n) is 4.92. The van der Waals surface area contributed by atoms with E-state index in [4.69, 9.17) is 0 Å². The fourth-order valence-corrected chi connectivity index (χ4v) is 1.23. The fraction of sp³-hybridized carbons (Fsp3) is 0.357. The summed E-state index contributed by atoms with van der Waals surface area (Å²) in [6.45, 7) is 7.62. The molecule has 0 aliphatic rings. The summed E-state index contributed by atoms with van der Waals surface area (Å²) >= 11 is 0. The molecule has 86 valence electrons. The van der Waals surface area contributed by atoms with Crippen molar-refractivity contribution < 1.29 is 4.74 Å². The molecule has 2 nitrogen and oxygen atoms in total. The Morgan fingerprint density at radius 2 is 1.75 bits per heavy atom. The molecule has 0 bridgehead atoms. The van der Waals surface area contributed by atoms with Crippen molar-refractivity contribution >= 4 is 12.3 Å². The molecule has 0 spiro atoms. The summed E-state index contributed by atoms with van der Waals surface area (Å²) in [7, 11) is 0. The van der Waals surface area contributed by atoms with Gasteiger partial charge in [0.15, 0.2) is 11.8 Å². The van der Waals surface area contributed by atoms with Crippen LogP contribution in [0.1, 0.15) is 33.3 Å². The van der Waals surface area contributed by atoms with Gasteiger partial charge in [0.25, 0.3) is 0 Å². The van der Waals surface area contributed by atoms with E-state index in [1.54, 1.807) is 6.21 Å². The first-order valence-electron chi connectivity index (χ1n) is 5.44. The van der Waals surface area contributed by atoms with E-state index in [2.05, 4.69) is 0 Å². The van der Waals surface area contributed by atoms with Crippen LogP contribution in [0.25, 0.3) is 6.08 Å². The highest BCUT2D eigenvalue weighted by molar-refractivity contribution is 5.81. The molecule has 0 aliphatic carbocycles. The summed E-state index contributed by atoms with van der Waals surface area (Å²) in [6.07, 6.45) is 3.63. The first-order valence-corrected chi connectivity index (χ1v) is 5.44.